The van der Waals surface area contributed by atoms with Crippen LogP contribution < -0.4 is 0 Å². The van der Waals surface area contributed by atoms with E-state index in [4.69, 9.17) is 39.5 Å². The monoisotopic (exact) mass is 530 g/mol. The van der Waals surface area contributed by atoms with E-state index >= 15 is 0 Å². The van der Waals surface area contributed by atoms with E-state index in [1.54, 1.807) is 0 Å². The molecule has 0 N–H and O–H groups in total. The zero-order chi connectivity index (χ0) is 24.9. The number of carbonyl (C=O) groups is 1. The van der Waals surface area contributed by atoms with Crippen LogP contribution in [0.15, 0.2) is 11.6 Å². The second-order valence-electron chi connectivity index (χ2n) is 13.1. The van der Waals surface area contributed by atoms with E-state index in [0.717, 1.165) is 54.8 Å². The lowest BCUT2D eigenvalue weighted by molar-refractivity contribution is -0.150. The van der Waals surface area contributed by atoms with Crippen molar-refractivity contribution >= 4 is 40.8 Å². The third-order valence-electron chi connectivity index (χ3n) is 10.8. The first-order chi connectivity index (χ1) is 15.9. The number of ether oxygens (including phenoxy) is 1. The Bertz CT molecular complexity index is 787. The summed E-state index contributed by atoms with van der Waals surface area (Å²) in [6.07, 6.45) is 16.0. The molecule has 8 atom stereocenters. The molecule has 0 aromatic carbocycles. The Kier molecular flexibility index (Phi) is 8.05. The van der Waals surface area contributed by atoms with Gasteiger partial charge in [-0.25, -0.2) is 4.79 Å². The highest BCUT2D eigenvalue weighted by molar-refractivity contribution is 6.75. The number of hydrogen-bond acceptors (Lipinski definition) is 2. The molecule has 2 nitrogen and oxygen atoms in total. The number of fused-ring (bicyclic) bond motifs is 5. The second-order valence-corrected chi connectivity index (χ2v) is 15.3. The van der Waals surface area contributed by atoms with Crippen molar-refractivity contribution in [3.05, 3.63) is 11.6 Å². The zero-order valence-electron chi connectivity index (χ0n) is 21.8. The van der Waals surface area contributed by atoms with Crippen LogP contribution in [-0.2, 0) is 9.53 Å². The molecule has 0 saturated heterocycles. The fourth-order valence-corrected chi connectivity index (χ4v) is 9.10. The maximum Gasteiger partial charge on any atom is 0.358 e. The van der Waals surface area contributed by atoms with Gasteiger partial charge >= 0.3 is 5.97 Å². The molecule has 0 unspecified atom stereocenters. The van der Waals surface area contributed by atoms with Gasteiger partial charge < -0.3 is 4.74 Å². The Morgan fingerprint density at radius 1 is 1.06 bits per heavy atom. The normalized spacial score (nSPS) is 40.7. The summed E-state index contributed by atoms with van der Waals surface area (Å²) in [5.41, 5.74) is 2.23. The Balaban J connectivity index is 1.44. The highest BCUT2D eigenvalue weighted by atomic mass is 35.6. The van der Waals surface area contributed by atoms with Gasteiger partial charge in [0.1, 0.15) is 6.10 Å². The van der Waals surface area contributed by atoms with Crippen LogP contribution in [0.1, 0.15) is 105 Å². The summed E-state index contributed by atoms with van der Waals surface area (Å²) >= 11 is 17.2. The summed E-state index contributed by atoms with van der Waals surface area (Å²) in [7, 11) is 0. The van der Waals surface area contributed by atoms with Gasteiger partial charge in [-0.05, 0) is 91.3 Å². The fraction of sp³-hybridized carbons (Fsp3) is 0.897. The van der Waals surface area contributed by atoms with Crippen molar-refractivity contribution in [2.75, 3.05) is 0 Å². The van der Waals surface area contributed by atoms with Crippen molar-refractivity contribution in [1.82, 2.24) is 0 Å². The number of halogens is 3. The first-order valence-electron chi connectivity index (χ1n) is 13.8. The third kappa shape index (κ3) is 5.08. The molecular formula is C29H45Cl3O2. The first kappa shape index (κ1) is 27.1. The molecule has 0 aromatic rings. The topological polar surface area (TPSA) is 26.3 Å². The van der Waals surface area contributed by atoms with Gasteiger partial charge in [0.25, 0.3) is 3.79 Å². The first-order valence-corrected chi connectivity index (χ1v) is 15.0. The average molecular weight is 532 g/mol. The van der Waals surface area contributed by atoms with Crippen LogP contribution >= 0.6 is 34.8 Å². The molecule has 4 rings (SSSR count). The lowest BCUT2D eigenvalue weighted by Gasteiger charge is -2.58. The van der Waals surface area contributed by atoms with Crippen molar-refractivity contribution in [2.24, 2.45) is 46.3 Å². The number of alkyl halides is 3. The lowest BCUT2D eigenvalue weighted by atomic mass is 9.47. The van der Waals surface area contributed by atoms with E-state index in [2.05, 4.69) is 40.7 Å². The standard InChI is InChI=1S/C29H45Cl3O2/c1-18(2)7-6-8-19(3)23-11-12-24-22-10-9-20-17-21(34-26(33)29(30,31)32)13-15-27(20,4)25(22)14-16-28(23,24)5/h9,18-19,21-25H,6-8,10-17H2,1-5H3/t19-,21-,22+,23-,24+,25+,27+,28-/m1/s1. The second kappa shape index (κ2) is 10.1. The van der Waals surface area contributed by atoms with Gasteiger partial charge in [0.2, 0.25) is 0 Å². The predicted molar refractivity (Wildman–Crippen MR) is 143 cm³/mol. The Hall–Kier alpha value is 0.0800. The van der Waals surface area contributed by atoms with Crippen LogP contribution in [0.5, 0.6) is 0 Å². The Morgan fingerprint density at radius 2 is 1.79 bits per heavy atom. The van der Waals surface area contributed by atoms with Crippen LogP contribution in [0.25, 0.3) is 0 Å². The van der Waals surface area contributed by atoms with Crippen LogP contribution in [0.4, 0.5) is 0 Å². The maximum absolute atomic E-state index is 12.1. The van der Waals surface area contributed by atoms with Crippen LogP contribution in [-0.4, -0.2) is 15.9 Å². The fourth-order valence-electron chi connectivity index (χ4n) is 8.97. The predicted octanol–water partition coefficient (Wildman–Crippen LogP) is 9.31. The molecule has 34 heavy (non-hydrogen) atoms. The summed E-state index contributed by atoms with van der Waals surface area (Å²) in [5.74, 6) is 4.23. The van der Waals surface area contributed by atoms with Crippen molar-refractivity contribution in [3.8, 4) is 0 Å². The quantitative estimate of drug-likeness (QED) is 0.194. The number of carbonyl (C=O) groups excluding carboxylic acids is 1. The van der Waals surface area contributed by atoms with E-state index in [9.17, 15) is 4.79 Å². The Morgan fingerprint density at radius 3 is 2.47 bits per heavy atom. The van der Waals surface area contributed by atoms with Gasteiger partial charge in [0.15, 0.2) is 0 Å². The minimum absolute atomic E-state index is 0.171. The number of allylic oxidation sites excluding steroid dienone is 1. The van der Waals surface area contributed by atoms with Crippen molar-refractivity contribution < 1.29 is 9.53 Å². The molecule has 0 aliphatic heterocycles. The molecule has 0 aromatic heterocycles. The van der Waals surface area contributed by atoms with Gasteiger partial charge in [-0.2, -0.15) is 0 Å². The summed E-state index contributed by atoms with van der Waals surface area (Å²) in [6.45, 7) is 12.4. The van der Waals surface area contributed by atoms with Crippen LogP contribution in [0.3, 0.4) is 0 Å². The average Bonchev–Trinajstić information content (AvgIpc) is 3.10. The molecule has 0 bridgehead atoms. The molecule has 194 valence electrons. The summed E-state index contributed by atoms with van der Waals surface area (Å²) in [6, 6.07) is 0. The molecule has 3 saturated carbocycles. The molecule has 0 radical (unpaired) electrons. The number of rotatable bonds is 6. The van der Waals surface area contributed by atoms with Crippen LogP contribution in [0, 0.1) is 46.3 Å². The molecule has 0 spiro atoms. The van der Waals surface area contributed by atoms with Gasteiger partial charge in [-0.1, -0.05) is 100 Å². The number of esters is 1. The minimum Gasteiger partial charge on any atom is -0.459 e. The highest BCUT2D eigenvalue weighted by Gasteiger charge is 2.59. The summed E-state index contributed by atoms with van der Waals surface area (Å²) in [5, 5.41) is 0. The summed E-state index contributed by atoms with van der Waals surface area (Å²) in [4.78, 5) is 12.1. The lowest BCUT2D eigenvalue weighted by Crippen LogP contribution is -2.51. The molecule has 4 aliphatic rings. The van der Waals surface area contributed by atoms with Crippen molar-refractivity contribution in [1.29, 1.82) is 0 Å². The molecular weight excluding hydrogens is 487 g/mol. The summed E-state index contributed by atoms with van der Waals surface area (Å²) < 4.78 is 3.59. The van der Waals surface area contributed by atoms with E-state index < -0.39 is 9.76 Å². The van der Waals surface area contributed by atoms with Gasteiger partial charge in [-0.3, -0.25) is 0 Å². The van der Waals surface area contributed by atoms with E-state index in [0.29, 0.717) is 5.41 Å². The van der Waals surface area contributed by atoms with E-state index in [-0.39, 0.29) is 11.5 Å². The number of hydrogen-bond donors (Lipinski definition) is 0. The zero-order valence-corrected chi connectivity index (χ0v) is 24.1. The van der Waals surface area contributed by atoms with Crippen LogP contribution in [0.2, 0.25) is 0 Å². The third-order valence-corrected chi connectivity index (χ3v) is 11.2. The van der Waals surface area contributed by atoms with Gasteiger partial charge in [-0.15, -0.1) is 0 Å². The molecule has 0 amide bonds. The molecule has 5 heteroatoms. The van der Waals surface area contributed by atoms with Gasteiger partial charge in [0, 0.05) is 6.42 Å². The molecule has 3 fully saturated rings. The van der Waals surface area contributed by atoms with Crippen molar-refractivity contribution in [3.63, 3.8) is 0 Å². The highest BCUT2D eigenvalue weighted by Crippen LogP contribution is 2.67. The molecule has 4 aliphatic carbocycles. The Labute approximate surface area is 222 Å². The van der Waals surface area contributed by atoms with Crippen molar-refractivity contribution in [2.45, 2.75) is 115 Å². The smallest absolute Gasteiger partial charge is 0.358 e. The van der Waals surface area contributed by atoms with E-state index in [1.807, 2.05) is 0 Å². The maximum atomic E-state index is 12.1. The SMILES string of the molecule is CC(C)CCC[C@@H](C)[C@H]1CC[C@H]2[C@@H]3CC=C4C[C@H](OC(=O)C(Cl)(Cl)Cl)CC[C@]4(C)[C@H]3CC[C@]12C. The minimum atomic E-state index is -1.99. The van der Waals surface area contributed by atoms with Gasteiger partial charge in [0.05, 0.1) is 0 Å². The van der Waals surface area contributed by atoms with E-state index in [1.165, 1.54) is 56.9 Å². The largest absolute Gasteiger partial charge is 0.459 e. The molecule has 0 heterocycles.